The fourth-order valence-corrected chi connectivity index (χ4v) is 1.36. The van der Waals surface area contributed by atoms with Gasteiger partial charge >= 0.3 is 0 Å². The van der Waals surface area contributed by atoms with Crippen molar-refractivity contribution in [2.75, 3.05) is 11.9 Å². The predicted molar refractivity (Wildman–Crippen MR) is 62.6 cm³/mol. The summed E-state index contributed by atoms with van der Waals surface area (Å²) in [5.74, 6) is -0.416. The van der Waals surface area contributed by atoms with Crippen molar-refractivity contribution >= 4 is 44.8 Å². The van der Waals surface area contributed by atoms with Crippen molar-refractivity contribution in [1.29, 1.82) is 0 Å². The van der Waals surface area contributed by atoms with Crippen LogP contribution in [0.5, 0.6) is 0 Å². The summed E-state index contributed by atoms with van der Waals surface area (Å²) in [7, 11) is 0. The number of nitrogens with one attached hydrogen (secondary N) is 1. The Morgan fingerprint density at radius 3 is 2.71 bits per heavy atom. The van der Waals surface area contributed by atoms with Gasteiger partial charge in [0.2, 0.25) is 0 Å². The molecule has 1 aromatic rings. The fourth-order valence-electron chi connectivity index (χ4n) is 0.856. The number of anilines is 1. The zero-order valence-electron chi connectivity index (χ0n) is 7.08. The standard InChI is InChI=1S/C9H7BrCl2FN/c1-5(11)4-14-6-2-7(12)9(10)8(13)3-6/h2-3,14H,1,4H2. The SMILES string of the molecule is C=C(Cl)CNc1cc(F)c(Br)c(Cl)c1. The molecule has 0 aliphatic heterocycles. The zero-order valence-corrected chi connectivity index (χ0v) is 10.2. The molecule has 0 saturated carbocycles. The van der Waals surface area contributed by atoms with Crippen LogP contribution in [0, 0.1) is 5.82 Å². The molecular formula is C9H7BrCl2FN. The van der Waals surface area contributed by atoms with Crippen LogP contribution in [0.15, 0.2) is 28.2 Å². The minimum absolute atomic E-state index is 0.259. The lowest BCUT2D eigenvalue weighted by molar-refractivity contribution is 0.621. The first-order chi connectivity index (χ1) is 6.50. The van der Waals surface area contributed by atoms with Gasteiger partial charge in [0.15, 0.2) is 0 Å². The van der Waals surface area contributed by atoms with E-state index >= 15 is 0 Å². The summed E-state index contributed by atoms with van der Waals surface area (Å²) in [6.45, 7) is 3.87. The van der Waals surface area contributed by atoms with E-state index in [4.69, 9.17) is 23.2 Å². The van der Waals surface area contributed by atoms with Crippen LogP contribution in [0.3, 0.4) is 0 Å². The highest BCUT2D eigenvalue weighted by Crippen LogP contribution is 2.29. The predicted octanol–water partition coefficient (Wildman–Crippen LogP) is 4.41. The maximum absolute atomic E-state index is 13.1. The molecular weight excluding hydrogens is 292 g/mol. The van der Waals surface area contributed by atoms with Crippen LogP contribution in [0.1, 0.15) is 0 Å². The van der Waals surface area contributed by atoms with E-state index in [-0.39, 0.29) is 4.47 Å². The van der Waals surface area contributed by atoms with Crippen molar-refractivity contribution in [1.82, 2.24) is 0 Å². The molecule has 0 bridgehead atoms. The molecule has 1 nitrogen and oxygen atoms in total. The Balaban J connectivity index is 2.84. The van der Waals surface area contributed by atoms with E-state index in [0.29, 0.717) is 22.3 Å². The molecule has 0 fully saturated rings. The van der Waals surface area contributed by atoms with Crippen molar-refractivity contribution in [3.63, 3.8) is 0 Å². The second-order valence-corrected chi connectivity index (χ2v) is 4.36. The summed E-state index contributed by atoms with van der Waals surface area (Å²) in [5, 5.41) is 3.64. The molecule has 0 radical (unpaired) electrons. The van der Waals surface area contributed by atoms with Crippen molar-refractivity contribution in [3.05, 3.63) is 39.1 Å². The number of rotatable bonds is 3. The summed E-state index contributed by atoms with van der Waals surface area (Å²) >= 11 is 14.3. The third-order valence-electron chi connectivity index (χ3n) is 1.47. The highest BCUT2D eigenvalue weighted by molar-refractivity contribution is 9.10. The number of hydrogen-bond donors (Lipinski definition) is 1. The molecule has 1 aromatic carbocycles. The normalized spacial score (nSPS) is 10.0. The summed E-state index contributed by atoms with van der Waals surface area (Å²) in [6, 6.07) is 2.93. The van der Waals surface area contributed by atoms with E-state index in [2.05, 4.69) is 27.8 Å². The Kier molecular flexibility index (Phi) is 4.23. The minimum Gasteiger partial charge on any atom is -0.380 e. The monoisotopic (exact) mass is 297 g/mol. The first-order valence-corrected chi connectivity index (χ1v) is 5.27. The van der Waals surface area contributed by atoms with E-state index in [1.807, 2.05) is 0 Å². The average Bonchev–Trinajstić information content (AvgIpc) is 2.10. The number of hydrogen-bond acceptors (Lipinski definition) is 1. The summed E-state index contributed by atoms with van der Waals surface area (Å²) in [4.78, 5) is 0. The molecule has 0 aromatic heterocycles. The van der Waals surface area contributed by atoms with Gasteiger partial charge in [-0.1, -0.05) is 29.8 Å². The van der Waals surface area contributed by atoms with Gasteiger partial charge in [-0.15, -0.1) is 0 Å². The van der Waals surface area contributed by atoms with Crippen LogP contribution in [-0.4, -0.2) is 6.54 Å². The quantitative estimate of drug-likeness (QED) is 0.815. The van der Waals surface area contributed by atoms with Crippen LogP contribution in [0.4, 0.5) is 10.1 Å². The first kappa shape index (κ1) is 11.8. The average molecular weight is 299 g/mol. The molecule has 0 aliphatic rings. The molecule has 76 valence electrons. The van der Waals surface area contributed by atoms with E-state index in [1.165, 1.54) is 6.07 Å². The Morgan fingerprint density at radius 1 is 1.57 bits per heavy atom. The molecule has 0 saturated heterocycles. The van der Waals surface area contributed by atoms with Gasteiger partial charge in [0, 0.05) is 10.7 Å². The molecule has 0 aliphatic carbocycles. The van der Waals surface area contributed by atoms with Crippen LogP contribution >= 0.6 is 39.1 Å². The van der Waals surface area contributed by atoms with Crippen molar-refractivity contribution < 1.29 is 4.39 Å². The fraction of sp³-hybridized carbons (Fsp3) is 0.111. The topological polar surface area (TPSA) is 12.0 Å². The second kappa shape index (κ2) is 5.01. The van der Waals surface area contributed by atoms with Crippen LogP contribution in [-0.2, 0) is 0 Å². The summed E-state index contributed by atoms with van der Waals surface area (Å²) in [6.07, 6.45) is 0. The summed E-state index contributed by atoms with van der Waals surface area (Å²) < 4.78 is 13.4. The molecule has 0 spiro atoms. The lowest BCUT2D eigenvalue weighted by Crippen LogP contribution is -2.01. The number of halogens is 4. The van der Waals surface area contributed by atoms with Gasteiger partial charge in [0.25, 0.3) is 0 Å². The lowest BCUT2D eigenvalue weighted by atomic mass is 10.3. The van der Waals surface area contributed by atoms with Gasteiger partial charge in [-0.2, -0.15) is 0 Å². The minimum atomic E-state index is -0.416. The molecule has 5 heteroatoms. The highest BCUT2D eigenvalue weighted by Gasteiger charge is 2.06. The molecule has 0 atom stereocenters. The number of benzene rings is 1. The van der Waals surface area contributed by atoms with E-state index in [1.54, 1.807) is 6.07 Å². The van der Waals surface area contributed by atoms with Crippen LogP contribution in [0.2, 0.25) is 5.02 Å². The Labute approximate surface area is 100 Å². The van der Waals surface area contributed by atoms with Gasteiger partial charge in [-0.05, 0) is 28.1 Å². The molecule has 14 heavy (non-hydrogen) atoms. The molecule has 0 unspecified atom stereocenters. The maximum Gasteiger partial charge on any atom is 0.140 e. The van der Waals surface area contributed by atoms with Crippen molar-refractivity contribution in [2.45, 2.75) is 0 Å². The Bertz CT molecular complexity index is 345. The molecule has 1 N–H and O–H groups in total. The first-order valence-electron chi connectivity index (χ1n) is 3.72. The molecule has 1 rings (SSSR count). The van der Waals surface area contributed by atoms with Gasteiger partial charge < -0.3 is 5.32 Å². The second-order valence-electron chi connectivity index (χ2n) is 2.62. The maximum atomic E-state index is 13.1. The van der Waals surface area contributed by atoms with Crippen molar-refractivity contribution in [3.8, 4) is 0 Å². The third-order valence-corrected chi connectivity index (χ3v) is 2.93. The van der Waals surface area contributed by atoms with Gasteiger partial charge in [-0.3, -0.25) is 0 Å². The largest absolute Gasteiger partial charge is 0.380 e. The van der Waals surface area contributed by atoms with Gasteiger partial charge in [0.05, 0.1) is 16.0 Å². The molecule has 0 heterocycles. The Morgan fingerprint density at radius 2 is 2.21 bits per heavy atom. The zero-order chi connectivity index (χ0) is 10.7. The smallest absolute Gasteiger partial charge is 0.140 e. The molecule has 0 amide bonds. The van der Waals surface area contributed by atoms with E-state index in [9.17, 15) is 4.39 Å². The highest BCUT2D eigenvalue weighted by atomic mass is 79.9. The lowest BCUT2D eigenvalue weighted by Gasteiger charge is -2.07. The van der Waals surface area contributed by atoms with Crippen molar-refractivity contribution in [2.24, 2.45) is 0 Å². The van der Waals surface area contributed by atoms with Crippen LogP contribution in [0.25, 0.3) is 0 Å². The summed E-state index contributed by atoms with van der Waals surface area (Å²) in [5.41, 5.74) is 0.567. The van der Waals surface area contributed by atoms with Gasteiger partial charge in [0.1, 0.15) is 5.82 Å². The van der Waals surface area contributed by atoms with Crippen LogP contribution < -0.4 is 5.32 Å². The Hall–Kier alpha value is -0.250. The third kappa shape index (κ3) is 3.15. The van der Waals surface area contributed by atoms with Gasteiger partial charge in [-0.25, -0.2) is 4.39 Å². The van der Waals surface area contributed by atoms with E-state index < -0.39 is 5.82 Å². The van der Waals surface area contributed by atoms with E-state index in [0.717, 1.165) is 0 Å².